The average Bonchev–Trinajstić information content (AvgIpc) is 3.17. The van der Waals surface area contributed by atoms with Crippen molar-refractivity contribution in [1.29, 1.82) is 0 Å². The maximum absolute atomic E-state index is 4.40. The molecule has 0 bridgehead atoms. The molecule has 0 fully saturated rings. The molecule has 0 amide bonds. The molecule has 0 saturated carbocycles. The van der Waals surface area contributed by atoms with Gasteiger partial charge < -0.3 is 4.57 Å². The maximum atomic E-state index is 4.40. The van der Waals surface area contributed by atoms with Gasteiger partial charge in [-0.05, 0) is 35.7 Å². The highest BCUT2D eigenvalue weighted by Gasteiger charge is 2.13. The summed E-state index contributed by atoms with van der Waals surface area (Å²) in [5, 5.41) is 9.73. The van der Waals surface area contributed by atoms with Crippen LogP contribution >= 0.6 is 11.8 Å². The van der Waals surface area contributed by atoms with E-state index in [-0.39, 0.29) is 0 Å². The summed E-state index contributed by atoms with van der Waals surface area (Å²) < 4.78 is 2.15. The van der Waals surface area contributed by atoms with Crippen molar-refractivity contribution >= 4 is 11.8 Å². The molecule has 4 aromatic rings. The van der Waals surface area contributed by atoms with Crippen LogP contribution < -0.4 is 0 Å². The van der Waals surface area contributed by atoms with E-state index in [1.54, 1.807) is 24.2 Å². The second-order valence-electron chi connectivity index (χ2n) is 6.14. The van der Waals surface area contributed by atoms with Crippen LogP contribution in [-0.2, 0) is 12.3 Å². The molecule has 134 valence electrons. The zero-order valence-electron chi connectivity index (χ0n) is 15.1. The van der Waals surface area contributed by atoms with Gasteiger partial charge in [-0.1, -0.05) is 66.4 Å². The smallest absolute Gasteiger partial charge is 0.191 e. The second kappa shape index (κ2) is 8.18. The third-order valence-electron chi connectivity index (χ3n) is 4.40. The van der Waals surface area contributed by atoms with Crippen molar-refractivity contribution in [3.63, 3.8) is 0 Å². The van der Waals surface area contributed by atoms with Gasteiger partial charge in [0.05, 0.1) is 0 Å². The van der Waals surface area contributed by atoms with E-state index in [1.165, 1.54) is 16.7 Å². The second-order valence-corrected chi connectivity index (χ2v) is 7.08. The fraction of sp³-hybridized carbons (Fsp3) is 0.136. The van der Waals surface area contributed by atoms with Crippen molar-refractivity contribution < 1.29 is 0 Å². The first-order valence-electron chi connectivity index (χ1n) is 8.96. The lowest BCUT2D eigenvalue weighted by atomic mass is 10.0. The van der Waals surface area contributed by atoms with Crippen molar-refractivity contribution in [3.8, 4) is 22.5 Å². The number of rotatable bonds is 6. The number of benzene rings is 2. The minimum atomic E-state index is 0.833. The van der Waals surface area contributed by atoms with Crippen molar-refractivity contribution in [2.75, 3.05) is 0 Å². The van der Waals surface area contributed by atoms with E-state index in [9.17, 15) is 0 Å². The average molecular weight is 372 g/mol. The Bertz CT molecular complexity index is 996. The summed E-state index contributed by atoms with van der Waals surface area (Å²) >= 11 is 1.72. The molecule has 27 heavy (non-hydrogen) atoms. The zero-order valence-corrected chi connectivity index (χ0v) is 15.9. The van der Waals surface area contributed by atoms with Crippen LogP contribution in [0, 0.1) is 0 Å². The van der Waals surface area contributed by atoms with Gasteiger partial charge in [-0.2, -0.15) is 0 Å². The van der Waals surface area contributed by atoms with Gasteiger partial charge in [-0.25, -0.2) is 0 Å². The van der Waals surface area contributed by atoms with E-state index >= 15 is 0 Å². The minimum Gasteiger partial charge on any atom is -0.302 e. The van der Waals surface area contributed by atoms with Crippen LogP contribution in [0.1, 0.15) is 12.5 Å². The Kier molecular flexibility index (Phi) is 5.30. The molecule has 2 heterocycles. The topological polar surface area (TPSA) is 43.6 Å². The number of hydrogen-bond donors (Lipinski definition) is 0. The standard InChI is InChI=1S/C22H20N4S/c1-2-26-21(20-12-14-23-15-13-20)24-25-22(26)27-16-17-8-10-19(11-9-17)18-6-4-3-5-7-18/h3-15H,2,16H2,1H3. The van der Waals surface area contributed by atoms with Crippen molar-refractivity contribution in [3.05, 3.63) is 84.7 Å². The molecule has 0 saturated heterocycles. The van der Waals surface area contributed by atoms with Crippen molar-refractivity contribution in [1.82, 2.24) is 19.7 Å². The monoisotopic (exact) mass is 372 g/mol. The Morgan fingerprint density at radius 1 is 0.778 bits per heavy atom. The van der Waals surface area contributed by atoms with Gasteiger partial charge in [0.25, 0.3) is 0 Å². The molecule has 0 N–H and O–H groups in total. The highest BCUT2D eigenvalue weighted by molar-refractivity contribution is 7.98. The highest BCUT2D eigenvalue weighted by atomic mass is 32.2. The molecule has 0 radical (unpaired) electrons. The molecule has 4 rings (SSSR count). The number of thioether (sulfide) groups is 1. The van der Waals surface area contributed by atoms with Gasteiger partial charge in [0.2, 0.25) is 0 Å². The molecule has 0 atom stereocenters. The van der Waals surface area contributed by atoms with E-state index in [4.69, 9.17) is 0 Å². The lowest BCUT2D eigenvalue weighted by Gasteiger charge is -2.08. The summed E-state index contributed by atoms with van der Waals surface area (Å²) in [6, 6.07) is 23.1. The van der Waals surface area contributed by atoms with Crippen molar-refractivity contribution in [2.45, 2.75) is 24.4 Å². The Morgan fingerprint density at radius 2 is 1.48 bits per heavy atom. The van der Waals surface area contributed by atoms with Gasteiger partial charge >= 0.3 is 0 Å². The predicted molar refractivity (Wildman–Crippen MR) is 110 cm³/mol. The van der Waals surface area contributed by atoms with Gasteiger partial charge in [0.15, 0.2) is 11.0 Å². The molecule has 0 unspecified atom stereocenters. The Hall–Kier alpha value is -2.92. The fourth-order valence-corrected chi connectivity index (χ4v) is 3.93. The van der Waals surface area contributed by atoms with Crippen LogP contribution in [0.25, 0.3) is 22.5 Å². The van der Waals surface area contributed by atoms with Crippen molar-refractivity contribution in [2.24, 2.45) is 0 Å². The molecule has 2 aromatic heterocycles. The Labute approximate surface area is 163 Å². The van der Waals surface area contributed by atoms with Crippen LogP contribution in [0.5, 0.6) is 0 Å². The first-order valence-corrected chi connectivity index (χ1v) is 9.94. The number of aromatic nitrogens is 4. The third-order valence-corrected chi connectivity index (χ3v) is 5.44. The largest absolute Gasteiger partial charge is 0.302 e. The summed E-state index contributed by atoms with van der Waals surface area (Å²) in [6.07, 6.45) is 3.57. The maximum Gasteiger partial charge on any atom is 0.191 e. The van der Waals surface area contributed by atoms with Crippen LogP contribution in [-0.4, -0.2) is 19.7 Å². The van der Waals surface area contributed by atoms with E-state index in [0.717, 1.165) is 28.8 Å². The molecular weight excluding hydrogens is 352 g/mol. The molecule has 0 spiro atoms. The summed E-state index contributed by atoms with van der Waals surface area (Å²) in [6.45, 7) is 2.95. The SMILES string of the molecule is CCn1c(SCc2ccc(-c3ccccc3)cc2)nnc1-c1ccncc1. The summed E-state index contributed by atoms with van der Waals surface area (Å²) in [7, 11) is 0. The highest BCUT2D eigenvalue weighted by Crippen LogP contribution is 2.27. The van der Waals surface area contributed by atoms with Gasteiger partial charge in [0, 0.05) is 30.3 Å². The molecule has 2 aromatic carbocycles. The summed E-state index contributed by atoms with van der Waals surface area (Å²) in [4.78, 5) is 4.08. The summed E-state index contributed by atoms with van der Waals surface area (Å²) in [5.74, 6) is 1.76. The van der Waals surface area contributed by atoms with E-state index in [2.05, 4.69) is 75.2 Å². The molecule has 4 nitrogen and oxygen atoms in total. The molecule has 0 aliphatic rings. The number of hydrogen-bond acceptors (Lipinski definition) is 4. The predicted octanol–water partition coefficient (Wildman–Crippen LogP) is 5.32. The molecular formula is C22H20N4S. The number of nitrogens with zero attached hydrogens (tertiary/aromatic N) is 4. The van der Waals surface area contributed by atoms with E-state index in [0.29, 0.717) is 0 Å². The first kappa shape index (κ1) is 17.5. The quantitative estimate of drug-likeness (QED) is 0.430. The fourth-order valence-electron chi connectivity index (χ4n) is 2.97. The Balaban J connectivity index is 1.48. The van der Waals surface area contributed by atoms with Gasteiger partial charge in [-0.3, -0.25) is 4.98 Å². The summed E-state index contributed by atoms with van der Waals surface area (Å²) in [5.41, 5.74) is 4.79. The van der Waals surface area contributed by atoms with Crippen LogP contribution in [0.4, 0.5) is 0 Å². The molecule has 0 aliphatic carbocycles. The lowest BCUT2D eigenvalue weighted by Crippen LogP contribution is -1.99. The van der Waals surface area contributed by atoms with Crippen LogP contribution in [0.15, 0.2) is 84.3 Å². The third kappa shape index (κ3) is 3.93. The van der Waals surface area contributed by atoms with Crippen LogP contribution in [0.2, 0.25) is 0 Å². The molecule has 0 aliphatic heterocycles. The van der Waals surface area contributed by atoms with Gasteiger partial charge in [-0.15, -0.1) is 10.2 Å². The van der Waals surface area contributed by atoms with E-state index < -0.39 is 0 Å². The number of pyridine rings is 1. The minimum absolute atomic E-state index is 0.833. The first-order chi connectivity index (χ1) is 13.3. The van der Waals surface area contributed by atoms with Gasteiger partial charge in [0.1, 0.15) is 0 Å². The molecule has 5 heteroatoms. The normalized spacial score (nSPS) is 10.9. The zero-order chi connectivity index (χ0) is 18.5. The lowest BCUT2D eigenvalue weighted by molar-refractivity contribution is 0.687. The van der Waals surface area contributed by atoms with Crippen LogP contribution in [0.3, 0.4) is 0 Å². The van der Waals surface area contributed by atoms with E-state index in [1.807, 2.05) is 18.2 Å². The Morgan fingerprint density at radius 3 is 2.19 bits per heavy atom.